The first kappa shape index (κ1) is 17.5. The highest BCUT2D eigenvalue weighted by atomic mass is 16.7. The molecule has 4 rings (SSSR count). The molecule has 0 radical (unpaired) electrons. The highest BCUT2D eigenvalue weighted by Crippen LogP contribution is 2.40. The van der Waals surface area contributed by atoms with Crippen LogP contribution in [-0.2, 0) is 32.2 Å². The Labute approximate surface area is 153 Å². The van der Waals surface area contributed by atoms with Gasteiger partial charge in [-0.25, -0.2) is 0 Å². The summed E-state index contributed by atoms with van der Waals surface area (Å²) in [6, 6.07) is 18.1. The Morgan fingerprint density at radius 2 is 1.85 bits per heavy atom. The van der Waals surface area contributed by atoms with Crippen LogP contribution in [0.3, 0.4) is 0 Å². The summed E-state index contributed by atoms with van der Waals surface area (Å²) < 4.78 is 28.9. The summed E-state index contributed by atoms with van der Waals surface area (Å²) in [6.07, 6.45) is 0.552. The molecule has 2 fully saturated rings. The van der Waals surface area contributed by atoms with Crippen molar-refractivity contribution in [3.8, 4) is 5.75 Å². The summed E-state index contributed by atoms with van der Waals surface area (Å²) >= 11 is 0. The maximum atomic E-state index is 5.98. The second-order valence-corrected chi connectivity index (χ2v) is 6.83. The van der Waals surface area contributed by atoms with Gasteiger partial charge in [-0.15, -0.1) is 0 Å². The summed E-state index contributed by atoms with van der Waals surface area (Å²) in [4.78, 5) is 0. The van der Waals surface area contributed by atoms with E-state index >= 15 is 0 Å². The molecule has 2 bridgehead atoms. The summed E-state index contributed by atoms with van der Waals surface area (Å²) in [5, 5.41) is 0. The van der Waals surface area contributed by atoms with Gasteiger partial charge >= 0.3 is 0 Å². The van der Waals surface area contributed by atoms with Crippen molar-refractivity contribution in [3.63, 3.8) is 0 Å². The molecule has 2 saturated heterocycles. The second kappa shape index (κ2) is 7.76. The third-order valence-electron chi connectivity index (χ3n) is 4.87. The van der Waals surface area contributed by atoms with Gasteiger partial charge in [0.1, 0.15) is 24.1 Å². The van der Waals surface area contributed by atoms with Crippen molar-refractivity contribution in [2.24, 2.45) is 0 Å². The molecule has 26 heavy (non-hydrogen) atoms. The Bertz CT molecular complexity index is 719. The zero-order chi connectivity index (χ0) is 17.8. The molecule has 5 nitrogen and oxygen atoms in total. The van der Waals surface area contributed by atoms with Gasteiger partial charge in [0, 0.05) is 19.1 Å². The molecular formula is C21H24O5. The summed E-state index contributed by atoms with van der Waals surface area (Å²) in [6.45, 7) is 2.05. The Hall–Kier alpha value is -1.92. The molecule has 0 N–H and O–H groups in total. The first-order chi connectivity index (χ1) is 12.8. The number of hydrogen-bond acceptors (Lipinski definition) is 5. The van der Waals surface area contributed by atoms with Crippen LogP contribution >= 0.6 is 0 Å². The quantitative estimate of drug-likeness (QED) is 0.726. The molecule has 2 aliphatic heterocycles. The van der Waals surface area contributed by atoms with Crippen molar-refractivity contribution in [2.45, 2.75) is 37.6 Å². The normalized spacial score (nSPS) is 27.0. The minimum Gasteiger partial charge on any atom is -0.489 e. The molecule has 0 aliphatic carbocycles. The van der Waals surface area contributed by atoms with Gasteiger partial charge in [-0.2, -0.15) is 0 Å². The molecule has 2 heterocycles. The smallest absolute Gasteiger partial charge is 0.184 e. The lowest BCUT2D eigenvalue weighted by atomic mass is 10.0. The van der Waals surface area contributed by atoms with Crippen LogP contribution in [-0.4, -0.2) is 38.3 Å². The summed E-state index contributed by atoms with van der Waals surface area (Å²) in [5.41, 5.74) is 1.78. The molecule has 138 valence electrons. The van der Waals surface area contributed by atoms with Crippen molar-refractivity contribution >= 4 is 0 Å². The lowest BCUT2D eigenvalue weighted by molar-refractivity contribution is -0.245. The maximum absolute atomic E-state index is 5.98. The standard InChI is InChI=1S/C21H24O5/c1-22-20-19-11-21(26-20,15-25-19)14-23-13-17-9-5-6-10-18(17)24-12-16-7-3-2-4-8-16/h2-10,19-20H,11-15H2,1H3. The van der Waals surface area contributed by atoms with E-state index in [2.05, 4.69) is 12.1 Å². The van der Waals surface area contributed by atoms with E-state index in [4.69, 9.17) is 23.7 Å². The molecule has 3 atom stereocenters. The highest BCUT2D eigenvalue weighted by molar-refractivity contribution is 5.33. The van der Waals surface area contributed by atoms with Crippen LogP contribution < -0.4 is 4.74 Å². The van der Waals surface area contributed by atoms with Crippen LogP contribution in [0.1, 0.15) is 17.5 Å². The topological polar surface area (TPSA) is 46.2 Å². The molecule has 3 unspecified atom stereocenters. The summed E-state index contributed by atoms with van der Waals surface area (Å²) in [5.74, 6) is 0.844. The molecule has 2 aliphatic rings. The lowest BCUT2D eigenvalue weighted by Crippen LogP contribution is -2.41. The monoisotopic (exact) mass is 356 g/mol. The van der Waals surface area contributed by atoms with Crippen LogP contribution in [0, 0.1) is 0 Å². The average Bonchev–Trinajstić information content (AvgIpc) is 3.26. The Morgan fingerprint density at radius 1 is 1.04 bits per heavy atom. The van der Waals surface area contributed by atoms with Gasteiger partial charge in [0.2, 0.25) is 0 Å². The lowest BCUT2D eigenvalue weighted by Gasteiger charge is -2.29. The van der Waals surface area contributed by atoms with E-state index in [1.807, 2.05) is 42.5 Å². The zero-order valence-corrected chi connectivity index (χ0v) is 14.9. The van der Waals surface area contributed by atoms with Crippen LogP contribution in [0.25, 0.3) is 0 Å². The number of methoxy groups -OCH3 is 1. The van der Waals surface area contributed by atoms with Crippen LogP contribution in [0.4, 0.5) is 0 Å². The van der Waals surface area contributed by atoms with Crippen molar-refractivity contribution < 1.29 is 23.7 Å². The van der Waals surface area contributed by atoms with E-state index in [1.54, 1.807) is 7.11 Å². The van der Waals surface area contributed by atoms with Crippen LogP contribution in [0.15, 0.2) is 54.6 Å². The molecule has 2 aromatic rings. The van der Waals surface area contributed by atoms with Gasteiger partial charge in [0.15, 0.2) is 6.29 Å². The predicted octanol–water partition coefficient (Wildman–Crippen LogP) is 3.31. The third-order valence-corrected chi connectivity index (χ3v) is 4.87. The number of ether oxygens (including phenoxy) is 5. The molecule has 2 aromatic carbocycles. The fourth-order valence-corrected chi connectivity index (χ4v) is 3.50. The van der Waals surface area contributed by atoms with E-state index in [0.29, 0.717) is 26.4 Å². The Morgan fingerprint density at radius 3 is 2.65 bits per heavy atom. The Kier molecular flexibility index (Phi) is 5.22. The minimum absolute atomic E-state index is 0.0186. The SMILES string of the molecule is COC1OC2(COCc3ccccc3OCc3ccccc3)COC1C2. The highest BCUT2D eigenvalue weighted by Gasteiger charge is 2.53. The van der Waals surface area contributed by atoms with Crippen LogP contribution in [0.2, 0.25) is 0 Å². The van der Waals surface area contributed by atoms with Gasteiger partial charge in [-0.05, 0) is 11.6 Å². The van der Waals surface area contributed by atoms with Crippen molar-refractivity contribution in [3.05, 3.63) is 65.7 Å². The van der Waals surface area contributed by atoms with Crippen LogP contribution in [0.5, 0.6) is 5.75 Å². The number of benzene rings is 2. The number of rotatable bonds is 8. The van der Waals surface area contributed by atoms with Gasteiger partial charge < -0.3 is 23.7 Å². The van der Waals surface area contributed by atoms with E-state index in [9.17, 15) is 0 Å². The first-order valence-corrected chi connectivity index (χ1v) is 8.93. The average molecular weight is 356 g/mol. The predicted molar refractivity (Wildman–Crippen MR) is 95.8 cm³/mol. The van der Waals surface area contributed by atoms with Gasteiger partial charge in [-0.3, -0.25) is 0 Å². The molecule has 0 spiro atoms. The molecule has 0 aromatic heterocycles. The fourth-order valence-electron chi connectivity index (χ4n) is 3.50. The van der Waals surface area contributed by atoms with Gasteiger partial charge in [0.05, 0.1) is 19.8 Å². The molecule has 0 saturated carbocycles. The largest absolute Gasteiger partial charge is 0.489 e. The first-order valence-electron chi connectivity index (χ1n) is 8.93. The summed E-state index contributed by atoms with van der Waals surface area (Å²) in [7, 11) is 1.64. The molecule has 5 heteroatoms. The number of hydrogen-bond donors (Lipinski definition) is 0. The fraction of sp³-hybridized carbons (Fsp3) is 0.429. The van der Waals surface area contributed by atoms with E-state index in [-0.39, 0.29) is 18.0 Å². The van der Waals surface area contributed by atoms with Gasteiger partial charge in [-0.1, -0.05) is 48.5 Å². The second-order valence-electron chi connectivity index (χ2n) is 6.83. The van der Waals surface area contributed by atoms with E-state index in [1.165, 1.54) is 0 Å². The molecular weight excluding hydrogens is 332 g/mol. The molecule has 0 amide bonds. The van der Waals surface area contributed by atoms with Crippen molar-refractivity contribution in [1.82, 2.24) is 0 Å². The van der Waals surface area contributed by atoms with Crippen molar-refractivity contribution in [2.75, 3.05) is 20.3 Å². The number of fused-ring (bicyclic) bond motifs is 2. The minimum atomic E-state index is -0.384. The maximum Gasteiger partial charge on any atom is 0.184 e. The zero-order valence-electron chi connectivity index (χ0n) is 14.9. The third kappa shape index (κ3) is 3.76. The number of para-hydroxylation sites is 1. The van der Waals surface area contributed by atoms with Gasteiger partial charge in [0.25, 0.3) is 0 Å². The van der Waals surface area contributed by atoms with E-state index in [0.717, 1.165) is 23.3 Å². The van der Waals surface area contributed by atoms with Crippen molar-refractivity contribution in [1.29, 1.82) is 0 Å². The Balaban J connectivity index is 1.33. The van der Waals surface area contributed by atoms with E-state index < -0.39 is 0 Å².